The minimum absolute atomic E-state index is 0.702. The van der Waals surface area contributed by atoms with Crippen molar-refractivity contribution in [2.75, 3.05) is 14.2 Å². The molecular weight excluding hydrogens is 303 g/mol. The number of rotatable bonds is 4. The Kier molecular flexibility index (Phi) is 4.17. The summed E-state index contributed by atoms with van der Waals surface area (Å²) in [6.45, 7) is 0. The van der Waals surface area contributed by atoms with Crippen LogP contribution in [0.15, 0.2) is 60.7 Å². The van der Waals surface area contributed by atoms with Crippen LogP contribution in [0.4, 0.5) is 0 Å². The van der Waals surface area contributed by atoms with E-state index >= 15 is 0 Å². The lowest BCUT2D eigenvalue weighted by Gasteiger charge is -2.30. The molecule has 0 N–H and O–H groups in total. The normalized spacial score (nSPS) is 31.3. The second-order valence-corrected chi connectivity index (χ2v) is 6.51. The fourth-order valence-corrected chi connectivity index (χ4v) is 3.89. The molecule has 0 aliphatic carbocycles. The van der Waals surface area contributed by atoms with Gasteiger partial charge in [0, 0.05) is 19.8 Å². The highest BCUT2D eigenvalue weighted by molar-refractivity contribution is 7.48. The summed E-state index contributed by atoms with van der Waals surface area (Å²) in [5, 5.41) is 0. The molecule has 3 unspecified atom stereocenters. The average molecular weight is 320 g/mol. The second kappa shape index (κ2) is 5.95. The Bertz CT molecular complexity index is 675. The third-order valence-electron chi connectivity index (χ3n) is 3.63. The molecule has 0 bridgehead atoms. The van der Waals surface area contributed by atoms with Crippen molar-refractivity contribution in [2.45, 2.75) is 11.9 Å². The van der Waals surface area contributed by atoms with Crippen LogP contribution in [0, 0.1) is 0 Å². The lowest BCUT2D eigenvalue weighted by molar-refractivity contribution is -0.192. The maximum absolute atomic E-state index is 12.6. The van der Waals surface area contributed by atoms with E-state index in [0.29, 0.717) is 5.56 Å². The van der Waals surface area contributed by atoms with Crippen LogP contribution < -0.4 is 0 Å². The van der Waals surface area contributed by atoms with Crippen molar-refractivity contribution >= 4 is 7.82 Å². The molecule has 0 spiro atoms. The van der Waals surface area contributed by atoms with Gasteiger partial charge in [0.25, 0.3) is 0 Å². The van der Waals surface area contributed by atoms with Gasteiger partial charge < -0.3 is 4.74 Å². The lowest BCUT2D eigenvalue weighted by atomic mass is 9.94. The van der Waals surface area contributed by atoms with Gasteiger partial charge in [-0.2, -0.15) is 0 Å². The third-order valence-corrected chi connectivity index (χ3v) is 5.04. The minimum Gasteiger partial charge on any atom is -0.347 e. The van der Waals surface area contributed by atoms with Gasteiger partial charge in [-0.25, -0.2) is 9.09 Å². The van der Waals surface area contributed by atoms with E-state index in [1.54, 1.807) is 0 Å². The van der Waals surface area contributed by atoms with Crippen LogP contribution >= 0.6 is 7.82 Å². The molecular formula is C16H17O5P. The van der Waals surface area contributed by atoms with Crippen LogP contribution in [0.1, 0.15) is 17.2 Å². The lowest BCUT2D eigenvalue weighted by Crippen LogP contribution is -2.33. The topological polar surface area (TPSA) is 54.0 Å². The first kappa shape index (κ1) is 15.4. The monoisotopic (exact) mass is 320 g/mol. The Morgan fingerprint density at radius 3 is 2.14 bits per heavy atom. The van der Waals surface area contributed by atoms with E-state index < -0.39 is 19.7 Å². The maximum atomic E-state index is 12.6. The molecule has 0 saturated carbocycles. The first-order valence-electron chi connectivity index (χ1n) is 6.84. The largest absolute Gasteiger partial charge is 0.478 e. The molecule has 2 aromatic rings. The van der Waals surface area contributed by atoms with Gasteiger partial charge in [0.05, 0.1) is 0 Å². The number of hydrogen-bond acceptors (Lipinski definition) is 5. The van der Waals surface area contributed by atoms with Crippen LogP contribution in [0.2, 0.25) is 0 Å². The molecule has 0 aromatic heterocycles. The zero-order valence-electron chi connectivity index (χ0n) is 12.3. The van der Waals surface area contributed by atoms with E-state index in [1.807, 2.05) is 60.7 Å². The molecule has 3 rings (SSSR count). The highest BCUT2D eigenvalue weighted by Crippen LogP contribution is 2.68. The first-order valence-corrected chi connectivity index (χ1v) is 8.30. The highest BCUT2D eigenvalue weighted by atomic mass is 31.2. The summed E-state index contributed by atoms with van der Waals surface area (Å²) in [7, 11) is -0.912. The summed E-state index contributed by atoms with van der Waals surface area (Å²) >= 11 is 0. The molecule has 6 heteroatoms. The van der Waals surface area contributed by atoms with Gasteiger partial charge in [-0.1, -0.05) is 60.7 Å². The van der Waals surface area contributed by atoms with Gasteiger partial charge in [-0.3, -0.25) is 9.05 Å². The molecule has 1 aliphatic heterocycles. The van der Waals surface area contributed by atoms with Crippen LogP contribution in [-0.4, -0.2) is 14.2 Å². The summed E-state index contributed by atoms with van der Waals surface area (Å²) in [6, 6.07) is 18.7. The molecule has 1 aliphatic rings. The summed E-state index contributed by atoms with van der Waals surface area (Å²) in [5.74, 6) is -1.33. The molecule has 1 heterocycles. The number of methoxy groups -OCH3 is 1. The number of benzene rings is 2. The van der Waals surface area contributed by atoms with E-state index in [4.69, 9.17) is 18.3 Å². The average Bonchev–Trinajstić information content (AvgIpc) is 2.91. The van der Waals surface area contributed by atoms with Crippen molar-refractivity contribution < 1.29 is 22.9 Å². The summed E-state index contributed by atoms with van der Waals surface area (Å²) < 4.78 is 34.5. The van der Waals surface area contributed by atoms with Crippen LogP contribution in [-0.2, 0) is 28.7 Å². The van der Waals surface area contributed by atoms with Crippen molar-refractivity contribution in [3.8, 4) is 0 Å². The number of phosphoric ester groups is 1. The second-order valence-electron chi connectivity index (χ2n) is 4.85. The highest BCUT2D eigenvalue weighted by Gasteiger charge is 2.59. The SMILES string of the molecule is COC1(c2ccccc2)OP(=O)(OC)OC1c1ccccc1. The molecule has 1 saturated heterocycles. The van der Waals surface area contributed by atoms with E-state index in [-0.39, 0.29) is 0 Å². The van der Waals surface area contributed by atoms with Crippen LogP contribution in [0.3, 0.4) is 0 Å². The Labute approximate surface area is 129 Å². The zero-order valence-corrected chi connectivity index (χ0v) is 13.2. The van der Waals surface area contributed by atoms with Crippen LogP contribution in [0.5, 0.6) is 0 Å². The van der Waals surface area contributed by atoms with Gasteiger partial charge in [0.1, 0.15) is 0 Å². The van der Waals surface area contributed by atoms with Crippen molar-refractivity contribution in [3.05, 3.63) is 71.8 Å². The molecule has 2 aromatic carbocycles. The fraction of sp³-hybridized carbons (Fsp3) is 0.250. The molecule has 3 atom stereocenters. The molecule has 116 valence electrons. The van der Waals surface area contributed by atoms with Gasteiger partial charge in [0.15, 0.2) is 6.10 Å². The minimum atomic E-state index is -3.70. The van der Waals surface area contributed by atoms with Crippen molar-refractivity contribution in [2.24, 2.45) is 0 Å². The Balaban J connectivity index is 2.14. The van der Waals surface area contributed by atoms with Gasteiger partial charge in [-0.15, -0.1) is 0 Å². The number of phosphoric acid groups is 1. The third kappa shape index (κ3) is 2.51. The van der Waals surface area contributed by atoms with E-state index in [0.717, 1.165) is 5.56 Å². The summed E-state index contributed by atoms with van der Waals surface area (Å²) in [5.41, 5.74) is 1.50. The standard InChI is InChI=1S/C16H17O5P/c1-18-16(14-11-7-4-8-12-14)15(13-9-5-3-6-10-13)20-22(17,19-2)21-16/h3-12,15H,1-2H3. The van der Waals surface area contributed by atoms with E-state index in [1.165, 1.54) is 14.2 Å². The molecule has 0 radical (unpaired) electrons. The Hall–Kier alpha value is -1.49. The number of ether oxygens (including phenoxy) is 1. The smallest absolute Gasteiger partial charge is 0.347 e. The van der Waals surface area contributed by atoms with E-state index in [9.17, 15) is 4.57 Å². The fourth-order valence-electron chi connectivity index (χ4n) is 2.56. The Morgan fingerprint density at radius 2 is 1.59 bits per heavy atom. The summed E-state index contributed by atoms with van der Waals surface area (Å²) in [6.07, 6.45) is -0.702. The van der Waals surface area contributed by atoms with E-state index in [2.05, 4.69) is 0 Å². The predicted molar refractivity (Wildman–Crippen MR) is 81.1 cm³/mol. The van der Waals surface area contributed by atoms with Gasteiger partial charge in [0.2, 0.25) is 5.79 Å². The molecule has 0 amide bonds. The van der Waals surface area contributed by atoms with Crippen LogP contribution in [0.25, 0.3) is 0 Å². The quantitative estimate of drug-likeness (QED) is 0.796. The zero-order chi connectivity index (χ0) is 15.6. The number of hydrogen-bond donors (Lipinski definition) is 0. The van der Waals surface area contributed by atoms with Gasteiger partial charge >= 0.3 is 7.82 Å². The summed E-state index contributed by atoms with van der Waals surface area (Å²) in [4.78, 5) is 0. The molecule has 22 heavy (non-hydrogen) atoms. The van der Waals surface area contributed by atoms with Crippen molar-refractivity contribution in [1.29, 1.82) is 0 Å². The van der Waals surface area contributed by atoms with Crippen molar-refractivity contribution in [3.63, 3.8) is 0 Å². The van der Waals surface area contributed by atoms with Gasteiger partial charge in [-0.05, 0) is 5.56 Å². The maximum Gasteiger partial charge on any atom is 0.478 e. The molecule has 5 nitrogen and oxygen atoms in total. The predicted octanol–water partition coefficient (Wildman–Crippen LogP) is 4.03. The molecule has 1 fully saturated rings. The Morgan fingerprint density at radius 1 is 1.00 bits per heavy atom. The van der Waals surface area contributed by atoms with Crippen molar-refractivity contribution in [1.82, 2.24) is 0 Å². The first-order chi connectivity index (χ1) is 10.6.